The molecular weight excluding hydrogens is 510 g/mol. The van der Waals surface area contributed by atoms with Gasteiger partial charge in [0.25, 0.3) is 5.22 Å². The van der Waals surface area contributed by atoms with Gasteiger partial charge in [0.2, 0.25) is 5.89 Å². The van der Waals surface area contributed by atoms with Gasteiger partial charge in [0.1, 0.15) is 0 Å². The second-order valence-corrected chi connectivity index (χ2v) is 11.5. The maximum absolute atomic E-state index is 6.12. The Morgan fingerprint density at radius 2 is 1.45 bits per heavy atom. The number of rotatable bonds is 10. The topological polar surface area (TPSA) is 51.3 Å². The first-order chi connectivity index (χ1) is 19.5. The first-order valence-corrected chi connectivity index (χ1v) is 14.8. The lowest BCUT2D eigenvalue weighted by Gasteiger charge is -2.10. The lowest BCUT2D eigenvalue weighted by molar-refractivity contribution is 0.404. The summed E-state index contributed by atoms with van der Waals surface area (Å²) < 4.78 is 6.12. The molecule has 0 saturated carbocycles. The average Bonchev–Trinajstić information content (AvgIpc) is 3.46. The molecule has 0 aliphatic heterocycles. The molecule has 5 aromatic rings. The van der Waals surface area contributed by atoms with E-state index in [9.17, 15) is 0 Å². The standard InChI is InChI=1S/C35H35N3OS/c1-24(2)22-27-14-16-28(17-15-27)26(4)34-37-38-35(39-34)40-23-33(36-32-13-9-8-10-25(32)3)31-20-18-30(19-21-31)29-11-6-5-7-12-29/h5-21,24,26H,22-23H2,1-4H3. The van der Waals surface area contributed by atoms with E-state index in [0.717, 1.165) is 28.9 Å². The molecule has 0 saturated heterocycles. The third-order valence-electron chi connectivity index (χ3n) is 6.94. The Kier molecular flexibility index (Phi) is 8.92. The van der Waals surface area contributed by atoms with Crippen molar-refractivity contribution < 1.29 is 4.42 Å². The summed E-state index contributed by atoms with van der Waals surface area (Å²) in [4.78, 5) is 5.07. The van der Waals surface area contributed by atoms with Gasteiger partial charge < -0.3 is 4.42 Å². The second-order valence-electron chi connectivity index (χ2n) is 10.5. The smallest absolute Gasteiger partial charge is 0.276 e. The fraction of sp³-hybridized carbons (Fsp3) is 0.229. The van der Waals surface area contributed by atoms with Crippen molar-refractivity contribution in [1.82, 2.24) is 10.2 Å². The summed E-state index contributed by atoms with van der Waals surface area (Å²) in [5.41, 5.74) is 9.05. The molecule has 0 N–H and O–H groups in total. The number of aromatic nitrogens is 2. The van der Waals surface area contributed by atoms with Gasteiger partial charge in [-0.3, -0.25) is 4.99 Å². The Morgan fingerprint density at radius 3 is 2.15 bits per heavy atom. The van der Waals surface area contributed by atoms with Gasteiger partial charge in [-0.25, -0.2) is 0 Å². The van der Waals surface area contributed by atoms with Crippen molar-refractivity contribution in [2.24, 2.45) is 10.9 Å². The summed E-state index contributed by atoms with van der Waals surface area (Å²) in [7, 11) is 0. The van der Waals surface area contributed by atoms with Crippen LogP contribution in [0.3, 0.4) is 0 Å². The Morgan fingerprint density at radius 1 is 0.775 bits per heavy atom. The Hall–Kier alpha value is -3.96. The van der Waals surface area contributed by atoms with Crippen LogP contribution in [0.25, 0.3) is 11.1 Å². The summed E-state index contributed by atoms with van der Waals surface area (Å²) in [6.45, 7) is 8.68. The van der Waals surface area contributed by atoms with Crippen molar-refractivity contribution >= 4 is 23.2 Å². The molecule has 0 spiro atoms. The van der Waals surface area contributed by atoms with Gasteiger partial charge in [0, 0.05) is 5.75 Å². The number of aryl methyl sites for hydroxylation is 1. The number of nitrogens with zero attached hydrogens (tertiary/aromatic N) is 3. The van der Waals surface area contributed by atoms with E-state index in [4.69, 9.17) is 9.41 Å². The molecule has 0 amide bonds. The van der Waals surface area contributed by atoms with E-state index < -0.39 is 0 Å². The molecule has 0 bridgehead atoms. The van der Waals surface area contributed by atoms with Crippen molar-refractivity contribution in [1.29, 1.82) is 0 Å². The van der Waals surface area contributed by atoms with Crippen molar-refractivity contribution in [3.05, 3.63) is 131 Å². The molecule has 1 atom stereocenters. The fourth-order valence-corrected chi connectivity index (χ4v) is 5.37. The van der Waals surface area contributed by atoms with Crippen LogP contribution in [0.4, 0.5) is 5.69 Å². The zero-order valence-electron chi connectivity index (χ0n) is 23.5. The predicted octanol–water partition coefficient (Wildman–Crippen LogP) is 9.31. The van der Waals surface area contributed by atoms with E-state index in [0.29, 0.717) is 22.8 Å². The minimum Gasteiger partial charge on any atom is -0.415 e. The average molecular weight is 546 g/mol. The van der Waals surface area contributed by atoms with Gasteiger partial charge in [-0.1, -0.05) is 123 Å². The zero-order valence-corrected chi connectivity index (χ0v) is 24.4. The van der Waals surface area contributed by atoms with Crippen LogP contribution in [0.5, 0.6) is 0 Å². The molecule has 4 aromatic carbocycles. The third kappa shape index (κ3) is 6.97. The predicted molar refractivity (Wildman–Crippen MR) is 167 cm³/mol. The molecule has 5 rings (SSSR count). The Labute approximate surface area is 241 Å². The van der Waals surface area contributed by atoms with Crippen LogP contribution in [0.15, 0.2) is 118 Å². The first-order valence-electron chi connectivity index (χ1n) is 13.8. The van der Waals surface area contributed by atoms with Crippen LogP contribution in [-0.4, -0.2) is 21.7 Å². The molecule has 4 nitrogen and oxygen atoms in total. The van der Waals surface area contributed by atoms with Crippen molar-refractivity contribution in [2.45, 2.75) is 45.3 Å². The van der Waals surface area contributed by atoms with Crippen LogP contribution in [0.2, 0.25) is 0 Å². The number of thioether (sulfide) groups is 1. The number of hydrogen-bond acceptors (Lipinski definition) is 5. The van der Waals surface area contributed by atoms with E-state index in [1.54, 1.807) is 0 Å². The van der Waals surface area contributed by atoms with Gasteiger partial charge in [-0.15, -0.1) is 10.2 Å². The van der Waals surface area contributed by atoms with E-state index in [2.05, 4.69) is 123 Å². The third-order valence-corrected chi connectivity index (χ3v) is 7.77. The number of hydrogen-bond donors (Lipinski definition) is 0. The van der Waals surface area contributed by atoms with Crippen LogP contribution in [0.1, 0.15) is 54.8 Å². The van der Waals surface area contributed by atoms with E-state index in [-0.39, 0.29) is 5.92 Å². The summed E-state index contributed by atoms with van der Waals surface area (Å²) in [5.74, 6) is 1.91. The zero-order chi connectivity index (χ0) is 27.9. The summed E-state index contributed by atoms with van der Waals surface area (Å²) >= 11 is 1.52. The maximum Gasteiger partial charge on any atom is 0.276 e. The Balaban J connectivity index is 1.34. The largest absolute Gasteiger partial charge is 0.415 e. The highest BCUT2D eigenvalue weighted by Gasteiger charge is 2.17. The van der Waals surface area contributed by atoms with Gasteiger partial charge in [-0.2, -0.15) is 0 Å². The number of para-hydroxylation sites is 1. The lowest BCUT2D eigenvalue weighted by Crippen LogP contribution is -2.04. The van der Waals surface area contributed by atoms with Crippen LogP contribution < -0.4 is 0 Å². The number of benzene rings is 4. The molecule has 0 aliphatic carbocycles. The molecule has 1 aromatic heterocycles. The van der Waals surface area contributed by atoms with Gasteiger partial charge in [0.05, 0.1) is 17.3 Å². The van der Waals surface area contributed by atoms with Crippen LogP contribution in [-0.2, 0) is 6.42 Å². The maximum atomic E-state index is 6.12. The number of aliphatic imine (C=N–C) groups is 1. The van der Waals surface area contributed by atoms with Crippen molar-refractivity contribution in [3.63, 3.8) is 0 Å². The highest BCUT2D eigenvalue weighted by molar-refractivity contribution is 7.99. The molecule has 5 heteroatoms. The van der Waals surface area contributed by atoms with Crippen molar-refractivity contribution in [2.75, 3.05) is 5.75 Å². The van der Waals surface area contributed by atoms with Gasteiger partial charge >= 0.3 is 0 Å². The molecule has 1 heterocycles. The van der Waals surface area contributed by atoms with Crippen LogP contribution in [0, 0.1) is 12.8 Å². The minimum atomic E-state index is 0.0283. The van der Waals surface area contributed by atoms with E-state index in [1.807, 2.05) is 18.2 Å². The molecule has 202 valence electrons. The summed E-state index contributed by atoms with van der Waals surface area (Å²) in [5, 5.41) is 9.29. The normalized spacial score (nSPS) is 12.6. The van der Waals surface area contributed by atoms with E-state index in [1.165, 1.54) is 34.0 Å². The summed E-state index contributed by atoms with van der Waals surface area (Å²) in [6, 6.07) is 36.0. The van der Waals surface area contributed by atoms with E-state index >= 15 is 0 Å². The minimum absolute atomic E-state index is 0.0283. The van der Waals surface area contributed by atoms with Crippen LogP contribution >= 0.6 is 11.8 Å². The molecule has 1 unspecified atom stereocenters. The molecule has 0 fully saturated rings. The molecular formula is C35H35N3OS. The fourth-order valence-electron chi connectivity index (χ4n) is 4.64. The molecule has 40 heavy (non-hydrogen) atoms. The Bertz CT molecular complexity index is 1550. The molecule has 0 aliphatic rings. The quantitative estimate of drug-likeness (QED) is 0.130. The lowest BCUT2D eigenvalue weighted by atomic mass is 9.97. The monoisotopic (exact) mass is 545 g/mol. The van der Waals surface area contributed by atoms with Crippen molar-refractivity contribution in [3.8, 4) is 11.1 Å². The second kappa shape index (κ2) is 12.9. The summed E-state index contributed by atoms with van der Waals surface area (Å²) in [6.07, 6.45) is 1.08. The first kappa shape index (κ1) is 27.6. The van der Waals surface area contributed by atoms with Gasteiger partial charge in [-0.05, 0) is 65.6 Å². The molecule has 0 radical (unpaired) electrons. The SMILES string of the molecule is Cc1ccccc1N=C(CSc1nnc(C(C)c2ccc(CC(C)C)cc2)o1)c1ccc(-c2ccccc2)cc1. The highest BCUT2D eigenvalue weighted by Crippen LogP contribution is 2.28. The van der Waals surface area contributed by atoms with Gasteiger partial charge in [0.15, 0.2) is 0 Å². The highest BCUT2D eigenvalue weighted by atomic mass is 32.2.